The minimum absolute atomic E-state index is 0.000708. The second-order valence-corrected chi connectivity index (χ2v) is 7.18. The number of carbonyl (C=O) groups excluding carboxylic acids is 1. The Hall–Kier alpha value is -2.94. The molecule has 9 heteroatoms. The minimum Gasteiger partial charge on any atom is -0.465 e. The van der Waals surface area contributed by atoms with E-state index >= 15 is 0 Å². The van der Waals surface area contributed by atoms with Crippen LogP contribution < -0.4 is 11.2 Å². The highest BCUT2D eigenvalue weighted by atomic mass is 32.2. The first kappa shape index (κ1) is 19.8. The van der Waals surface area contributed by atoms with Crippen LogP contribution in [-0.4, -0.2) is 37.4 Å². The van der Waals surface area contributed by atoms with Crippen molar-refractivity contribution >= 4 is 28.8 Å². The number of benzene rings is 1. The van der Waals surface area contributed by atoms with Crippen molar-refractivity contribution in [3.8, 4) is 11.4 Å². The highest BCUT2D eigenvalue weighted by molar-refractivity contribution is 8.00. The predicted molar refractivity (Wildman–Crippen MR) is 108 cm³/mol. The van der Waals surface area contributed by atoms with E-state index in [-0.39, 0.29) is 23.4 Å². The SMILES string of the molecule is CCOC(=O)CSc1nc(-c2ccc(C)cc2)nc2c1c(=O)n(C)c(=O)n2C. The molecule has 0 spiro atoms. The molecule has 0 radical (unpaired) electrons. The van der Waals surface area contributed by atoms with E-state index in [1.165, 1.54) is 11.6 Å². The van der Waals surface area contributed by atoms with Crippen LogP contribution in [-0.2, 0) is 23.6 Å². The molecule has 0 aliphatic rings. The molecule has 3 rings (SSSR count). The summed E-state index contributed by atoms with van der Waals surface area (Å²) in [6, 6.07) is 7.60. The molecule has 1 aromatic carbocycles. The molecule has 0 saturated heterocycles. The monoisotopic (exact) mass is 400 g/mol. The lowest BCUT2D eigenvalue weighted by atomic mass is 10.1. The van der Waals surface area contributed by atoms with Gasteiger partial charge in [-0.15, -0.1) is 0 Å². The van der Waals surface area contributed by atoms with E-state index in [1.54, 1.807) is 14.0 Å². The topological polar surface area (TPSA) is 96.1 Å². The number of hydrogen-bond donors (Lipinski definition) is 0. The van der Waals surface area contributed by atoms with Crippen molar-refractivity contribution in [2.75, 3.05) is 12.4 Å². The van der Waals surface area contributed by atoms with E-state index in [0.717, 1.165) is 27.5 Å². The molecule has 0 aliphatic heterocycles. The minimum atomic E-state index is -0.500. The molecule has 2 heterocycles. The number of nitrogens with zero attached hydrogens (tertiary/aromatic N) is 4. The maximum Gasteiger partial charge on any atom is 0.332 e. The zero-order valence-corrected chi connectivity index (χ0v) is 16.9. The van der Waals surface area contributed by atoms with E-state index in [9.17, 15) is 14.4 Å². The first-order valence-electron chi connectivity index (χ1n) is 8.66. The summed E-state index contributed by atoms with van der Waals surface area (Å²) in [7, 11) is 2.95. The highest BCUT2D eigenvalue weighted by Crippen LogP contribution is 2.26. The Kier molecular flexibility index (Phi) is 5.64. The summed E-state index contributed by atoms with van der Waals surface area (Å²) in [5, 5.41) is 0.541. The lowest BCUT2D eigenvalue weighted by Crippen LogP contribution is -2.37. The molecule has 0 N–H and O–H groups in total. The second kappa shape index (κ2) is 7.97. The summed E-state index contributed by atoms with van der Waals surface area (Å²) in [6.07, 6.45) is 0. The fraction of sp³-hybridized carbons (Fsp3) is 0.316. The highest BCUT2D eigenvalue weighted by Gasteiger charge is 2.19. The molecule has 0 aliphatic carbocycles. The summed E-state index contributed by atoms with van der Waals surface area (Å²) in [6.45, 7) is 3.97. The van der Waals surface area contributed by atoms with Crippen molar-refractivity contribution in [1.82, 2.24) is 19.1 Å². The first-order valence-corrected chi connectivity index (χ1v) is 9.65. The van der Waals surface area contributed by atoms with E-state index in [2.05, 4.69) is 9.97 Å². The van der Waals surface area contributed by atoms with Gasteiger partial charge in [0.15, 0.2) is 11.5 Å². The quantitative estimate of drug-likeness (QED) is 0.365. The third kappa shape index (κ3) is 3.70. The Morgan fingerprint density at radius 2 is 1.79 bits per heavy atom. The molecule has 0 atom stereocenters. The van der Waals surface area contributed by atoms with Gasteiger partial charge in [-0.25, -0.2) is 14.8 Å². The molecule has 146 valence electrons. The molecule has 3 aromatic rings. The number of aromatic nitrogens is 4. The number of ether oxygens (including phenoxy) is 1. The zero-order chi connectivity index (χ0) is 20.4. The third-order valence-corrected chi connectivity index (χ3v) is 5.16. The van der Waals surface area contributed by atoms with Crippen LogP contribution in [0.2, 0.25) is 0 Å². The number of thioether (sulfide) groups is 1. The Balaban J connectivity index is 2.24. The Labute approximate surface area is 165 Å². The van der Waals surface area contributed by atoms with Gasteiger partial charge >= 0.3 is 11.7 Å². The number of fused-ring (bicyclic) bond motifs is 1. The van der Waals surface area contributed by atoms with Crippen molar-refractivity contribution in [3.63, 3.8) is 0 Å². The first-order chi connectivity index (χ1) is 13.3. The van der Waals surface area contributed by atoms with Gasteiger partial charge in [0.2, 0.25) is 0 Å². The number of aryl methyl sites for hydroxylation is 2. The van der Waals surface area contributed by atoms with Gasteiger partial charge in [0.1, 0.15) is 10.4 Å². The second-order valence-electron chi connectivity index (χ2n) is 6.22. The number of hydrogen-bond acceptors (Lipinski definition) is 7. The van der Waals surface area contributed by atoms with Crippen molar-refractivity contribution in [2.24, 2.45) is 14.1 Å². The van der Waals surface area contributed by atoms with Gasteiger partial charge in [-0.3, -0.25) is 18.7 Å². The molecular weight excluding hydrogens is 380 g/mol. The Bertz CT molecular complexity index is 1170. The van der Waals surface area contributed by atoms with Gasteiger partial charge in [-0.1, -0.05) is 41.6 Å². The average molecular weight is 400 g/mol. The molecule has 0 saturated carbocycles. The van der Waals surface area contributed by atoms with Crippen molar-refractivity contribution in [1.29, 1.82) is 0 Å². The maximum atomic E-state index is 12.7. The van der Waals surface area contributed by atoms with Crippen molar-refractivity contribution in [2.45, 2.75) is 18.9 Å². The van der Waals surface area contributed by atoms with Crippen LogP contribution in [0.15, 0.2) is 38.9 Å². The van der Waals surface area contributed by atoms with Crippen LogP contribution in [0.3, 0.4) is 0 Å². The van der Waals surface area contributed by atoms with Crippen LogP contribution in [0.4, 0.5) is 0 Å². The molecule has 0 bridgehead atoms. The maximum absolute atomic E-state index is 12.7. The standard InChI is InChI=1S/C19H20N4O4S/c1-5-27-13(24)10-28-17-14-16(22(3)19(26)23(4)18(14)25)20-15(21-17)12-8-6-11(2)7-9-12/h6-9H,5,10H2,1-4H3. The molecular formula is C19H20N4O4S. The molecule has 2 aromatic heterocycles. The lowest BCUT2D eigenvalue weighted by molar-refractivity contribution is -0.139. The Morgan fingerprint density at radius 1 is 1.11 bits per heavy atom. The number of carbonyl (C=O) groups is 1. The smallest absolute Gasteiger partial charge is 0.332 e. The number of esters is 1. The fourth-order valence-electron chi connectivity index (χ4n) is 2.70. The van der Waals surface area contributed by atoms with E-state index in [1.807, 2.05) is 31.2 Å². The third-order valence-electron chi connectivity index (χ3n) is 4.21. The summed E-state index contributed by atoms with van der Waals surface area (Å²) in [4.78, 5) is 45.9. The zero-order valence-electron chi connectivity index (χ0n) is 16.1. The molecule has 28 heavy (non-hydrogen) atoms. The van der Waals surface area contributed by atoms with Crippen molar-refractivity contribution in [3.05, 3.63) is 50.7 Å². The van der Waals surface area contributed by atoms with Crippen molar-refractivity contribution < 1.29 is 9.53 Å². The van der Waals surface area contributed by atoms with Crippen LogP contribution in [0.1, 0.15) is 12.5 Å². The predicted octanol–water partition coefficient (Wildman–Crippen LogP) is 1.66. The van der Waals surface area contributed by atoms with E-state index in [0.29, 0.717) is 10.9 Å². The fourth-order valence-corrected chi connectivity index (χ4v) is 3.51. The molecule has 0 amide bonds. The van der Waals surface area contributed by atoms with Gasteiger partial charge in [0.05, 0.1) is 12.4 Å². The van der Waals surface area contributed by atoms with Gasteiger partial charge in [-0.2, -0.15) is 0 Å². The van der Waals surface area contributed by atoms with Gasteiger partial charge in [0.25, 0.3) is 5.56 Å². The average Bonchev–Trinajstić information content (AvgIpc) is 2.69. The lowest BCUT2D eigenvalue weighted by Gasteiger charge is -2.12. The van der Waals surface area contributed by atoms with Crippen LogP contribution in [0, 0.1) is 6.92 Å². The van der Waals surface area contributed by atoms with Gasteiger partial charge in [-0.05, 0) is 13.8 Å². The molecule has 0 fully saturated rings. The number of rotatable bonds is 5. The summed E-state index contributed by atoms with van der Waals surface area (Å²) in [5.41, 5.74) is 1.08. The van der Waals surface area contributed by atoms with Crippen LogP contribution in [0.25, 0.3) is 22.4 Å². The van der Waals surface area contributed by atoms with E-state index in [4.69, 9.17) is 4.74 Å². The summed E-state index contributed by atoms with van der Waals surface area (Å²) >= 11 is 1.09. The summed E-state index contributed by atoms with van der Waals surface area (Å²) < 4.78 is 7.27. The molecule has 0 unspecified atom stereocenters. The van der Waals surface area contributed by atoms with Crippen LogP contribution in [0.5, 0.6) is 0 Å². The summed E-state index contributed by atoms with van der Waals surface area (Å²) in [5.74, 6) is -0.0286. The van der Waals surface area contributed by atoms with Gasteiger partial charge < -0.3 is 4.74 Å². The molecule has 8 nitrogen and oxygen atoms in total. The van der Waals surface area contributed by atoms with E-state index < -0.39 is 17.2 Å². The Morgan fingerprint density at radius 3 is 2.43 bits per heavy atom. The normalized spacial score (nSPS) is 11.0. The largest absolute Gasteiger partial charge is 0.465 e. The van der Waals surface area contributed by atoms with Gasteiger partial charge in [0, 0.05) is 19.7 Å². The van der Waals surface area contributed by atoms with Crippen LogP contribution >= 0.6 is 11.8 Å².